The lowest BCUT2D eigenvalue weighted by atomic mass is 9.97. The number of amides is 2. The molecule has 126 valence electrons. The number of nitrogens with one attached hydrogen (secondary N) is 2. The third kappa shape index (κ3) is 4.68. The summed E-state index contributed by atoms with van der Waals surface area (Å²) in [5, 5.41) is 5.50. The lowest BCUT2D eigenvalue weighted by Gasteiger charge is -2.23. The van der Waals surface area contributed by atoms with E-state index in [0.29, 0.717) is 12.3 Å². The molecule has 1 unspecified atom stereocenters. The fraction of sp³-hybridized carbons (Fsp3) is 0.529. The zero-order valence-electron chi connectivity index (χ0n) is 13.5. The number of ether oxygens (including phenoxy) is 1. The van der Waals surface area contributed by atoms with Crippen molar-refractivity contribution in [1.82, 2.24) is 5.32 Å². The van der Waals surface area contributed by atoms with Crippen molar-refractivity contribution in [3.8, 4) is 5.75 Å². The number of anilines is 1. The first-order valence-electron chi connectivity index (χ1n) is 8.01. The molecule has 0 heterocycles. The molecule has 1 aliphatic rings. The van der Waals surface area contributed by atoms with E-state index in [9.17, 15) is 14.0 Å². The van der Waals surface area contributed by atoms with Crippen LogP contribution >= 0.6 is 0 Å². The highest BCUT2D eigenvalue weighted by molar-refractivity contribution is 5.98. The molecule has 0 bridgehead atoms. The number of hydrogen-bond donors (Lipinski definition) is 2. The van der Waals surface area contributed by atoms with Crippen LogP contribution in [0.25, 0.3) is 0 Å². The lowest BCUT2D eigenvalue weighted by Crippen LogP contribution is -2.47. The Hall–Kier alpha value is -2.11. The lowest BCUT2D eigenvalue weighted by molar-refractivity contribution is -0.126. The highest BCUT2D eigenvalue weighted by Crippen LogP contribution is 2.30. The maximum absolute atomic E-state index is 13.3. The van der Waals surface area contributed by atoms with Crippen molar-refractivity contribution in [2.24, 2.45) is 5.92 Å². The Morgan fingerprint density at radius 3 is 2.65 bits per heavy atom. The molecular formula is C17H23FN2O3. The zero-order valence-corrected chi connectivity index (χ0v) is 13.5. The minimum atomic E-state index is -0.575. The van der Waals surface area contributed by atoms with Crippen LogP contribution in [0.4, 0.5) is 10.1 Å². The predicted molar refractivity (Wildman–Crippen MR) is 85.8 cm³/mol. The molecule has 1 aromatic carbocycles. The molecule has 0 aliphatic heterocycles. The summed E-state index contributed by atoms with van der Waals surface area (Å²) in [5.41, 5.74) is 0.409. The third-order valence-electron chi connectivity index (χ3n) is 4.01. The Morgan fingerprint density at radius 2 is 2.04 bits per heavy atom. The summed E-state index contributed by atoms with van der Waals surface area (Å²) in [6.45, 7) is 3.55. The van der Waals surface area contributed by atoms with Crippen molar-refractivity contribution in [2.45, 2.75) is 45.6 Å². The fourth-order valence-corrected chi connectivity index (χ4v) is 2.99. The number of halogens is 1. The first kappa shape index (κ1) is 17.2. The van der Waals surface area contributed by atoms with Gasteiger partial charge in [0.25, 0.3) is 0 Å². The van der Waals surface area contributed by atoms with Gasteiger partial charge >= 0.3 is 0 Å². The van der Waals surface area contributed by atoms with Crippen LogP contribution in [0.3, 0.4) is 0 Å². The quantitative estimate of drug-likeness (QED) is 0.846. The van der Waals surface area contributed by atoms with Crippen molar-refractivity contribution in [1.29, 1.82) is 0 Å². The van der Waals surface area contributed by atoms with E-state index in [1.165, 1.54) is 25.1 Å². The van der Waals surface area contributed by atoms with Gasteiger partial charge in [-0.25, -0.2) is 4.39 Å². The molecule has 1 atom stereocenters. The monoisotopic (exact) mass is 322 g/mol. The molecule has 0 radical (unpaired) electrons. The van der Waals surface area contributed by atoms with Crippen LogP contribution in [0.5, 0.6) is 5.75 Å². The van der Waals surface area contributed by atoms with Gasteiger partial charge in [0.05, 0.1) is 12.3 Å². The molecule has 1 aliphatic carbocycles. The molecule has 2 rings (SSSR count). The van der Waals surface area contributed by atoms with E-state index >= 15 is 0 Å². The van der Waals surface area contributed by atoms with E-state index in [1.54, 1.807) is 6.92 Å². The van der Waals surface area contributed by atoms with Crippen molar-refractivity contribution in [3.63, 3.8) is 0 Å². The van der Waals surface area contributed by atoms with Crippen molar-refractivity contribution < 1.29 is 18.7 Å². The van der Waals surface area contributed by atoms with Crippen LogP contribution in [0, 0.1) is 11.7 Å². The second-order valence-corrected chi connectivity index (χ2v) is 5.79. The third-order valence-corrected chi connectivity index (χ3v) is 4.01. The van der Waals surface area contributed by atoms with E-state index in [1.807, 2.05) is 0 Å². The standard InChI is InChI=1S/C17H23FN2O3/c1-3-23-15-10-13(18)8-9-14(15)20-17(22)16(19-11(2)21)12-6-4-5-7-12/h8-10,12,16H,3-7H2,1-2H3,(H,19,21)(H,20,22). The Labute approximate surface area is 135 Å². The SMILES string of the molecule is CCOc1cc(F)ccc1NC(=O)C(NC(C)=O)C1CCCC1. The van der Waals surface area contributed by atoms with Crippen molar-refractivity contribution >= 4 is 17.5 Å². The highest BCUT2D eigenvalue weighted by atomic mass is 19.1. The molecule has 0 spiro atoms. The first-order chi connectivity index (χ1) is 11.0. The topological polar surface area (TPSA) is 67.4 Å². The maximum Gasteiger partial charge on any atom is 0.247 e. The molecule has 0 aromatic heterocycles. The molecular weight excluding hydrogens is 299 g/mol. The molecule has 1 saturated carbocycles. The van der Waals surface area contributed by atoms with Crippen LogP contribution in [-0.2, 0) is 9.59 Å². The second-order valence-electron chi connectivity index (χ2n) is 5.79. The van der Waals surface area contributed by atoms with Crippen molar-refractivity contribution in [2.75, 3.05) is 11.9 Å². The van der Waals surface area contributed by atoms with Gasteiger partial charge in [-0.1, -0.05) is 12.8 Å². The van der Waals surface area contributed by atoms with Gasteiger partial charge in [0.2, 0.25) is 11.8 Å². The highest BCUT2D eigenvalue weighted by Gasteiger charge is 2.31. The van der Waals surface area contributed by atoms with E-state index in [0.717, 1.165) is 25.7 Å². The summed E-state index contributed by atoms with van der Waals surface area (Å²) in [6.07, 6.45) is 3.96. The average Bonchev–Trinajstić information content (AvgIpc) is 3.01. The van der Waals surface area contributed by atoms with Crippen LogP contribution < -0.4 is 15.4 Å². The van der Waals surface area contributed by atoms with Crippen LogP contribution in [0.15, 0.2) is 18.2 Å². The summed E-state index contributed by atoms with van der Waals surface area (Å²) in [4.78, 5) is 24.0. The van der Waals surface area contributed by atoms with Gasteiger partial charge in [-0.3, -0.25) is 9.59 Å². The number of rotatable bonds is 6. The Bertz CT molecular complexity index is 571. The van der Waals surface area contributed by atoms with Gasteiger partial charge in [-0.15, -0.1) is 0 Å². The fourth-order valence-electron chi connectivity index (χ4n) is 2.99. The molecule has 2 N–H and O–H groups in total. The van der Waals surface area contributed by atoms with E-state index < -0.39 is 11.9 Å². The first-order valence-corrected chi connectivity index (χ1v) is 8.01. The normalized spacial score (nSPS) is 16.0. The number of carbonyl (C=O) groups is 2. The Balaban J connectivity index is 2.15. The number of hydrogen-bond acceptors (Lipinski definition) is 3. The van der Waals surface area contributed by atoms with Gasteiger partial charge in [0.15, 0.2) is 0 Å². The van der Waals surface area contributed by atoms with E-state index in [-0.39, 0.29) is 23.5 Å². The predicted octanol–water partition coefficient (Wildman–Crippen LogP) is 2.86. The molecule has 1 aromatic rings. The zero-order chi connectivity index (χ0) is 16.8. The minimum absolute atomic E-state index is 0.134. The van der Waals surface area contributed by atoms with Crippen LogP contribution in [-0.4, -0.2) is 24.5 Å². The largest absolute Gasteiger partial charge is 0.492 e. The van der Waals surface area contributed by atoms with Crippen LogP contribution in [0.1, 0.15) is 39.5 Å². The van der Waals surface area contributed by atoms with E-state index in [4.69, 9.17) is 4.74 Å². The smallest absolute Gasteiger partial charge is 0.247 e. The molecule has 23 heavy (non-hydrogen) atoms. The number of benzene rings is 1. The molecule has 2 amide bonds. The summed E-state index contributed by atoms with van der Waals surface area (Å²) in [5.74, 6) is -0.537. The summed E-state index contributed by atoms with van der Waals surface area (Å²) in [6, 6.07) is 3.40. The maximum atomic E-state index is 13.3. The van der Waals surface area contributed by atoms with Crippen LogP contribution in [0.2, 0.25) is 0 Å². The van der Waals surface area contributed by atoms with Gasteiger partial charge in [0, 0.05) is 13.0 Å². The summed E-state index contributed by atoms with van der Waals surface area (Å²) < 4.78 is 18.7. The Kier molecular flexibility index (Phi) is 5.96. The number of carbonyl (C=O) groups excluding carboxylic acids is 2. The Morgan fingerprint density at radius 1 is 1.35 bits per heavy atom. The molecule has 5 nitrogen and oxygen atoms in total. The average molecular weight is 322 g/mol. The van der Waals surface area contributed by atoms with Crippen molar-refractivity contribution in [3.05, 3.63) is 24.0 Å². The second kappa shape index (κ2) is 7.94. The van der Waals surface area contributed by atoms with E-state index in [2.05, 4.69) is 10.6 Å². The minimum Gasteiger partial charge on any atom is -0.492 e. The van der Waals surface area contributed by atoms with Gasteiger partial charge < -0.3 is 15.4 Å². The van der Waals surface area contributed by atoms with Gasteiger partial charge in [-0.2, -0.15) is 0 Å². The summed E-state index contributed by atoms with van der Waals surface area (Å²) >= 11 is 0. The van der Waals surface area contributed by atoms with Gasteiger partial charge in [0.1, 0.15) is 17.6 Å². The molecule has 0 saturated heterocycles. The molecule has 6 heteroatoms. The molecule has 1 fully saturated rings. The summed E-state index contributed by atoms with van der Waals surface area (Å²) in [7, 11) is 0. The van der Waals surface area contributed by atoms with Gasteiger partial charge in [-0.05, 0) is 37.8 Å².